The van der Waals surface area contributed by atoms with Crippen molar-refractivity contribution in [3.63, 3.8) is 0 Å². The van der Waals surface area contributed by atoms with E-state index in [1.165, 1.54) is 17.7 Å². The molecule has 2 aromatic rings. The highest BCUT2D eigenvalue weighted by Gasteiger charge is 2.27. The average Bonchev–Trinajstić information content (AvgIpc) is 2.62. The summed E-state index contributed by atoms with van der Waals surface area (Å²) in [5, 5.41) is 0. The lowest BCUT2D eigenvalue weighted by molar-refractivity contribution is -0.117. The number of nitrogens with zero attached hydrogens (tertiary/aromatic N) is 2. The van der Waals surface area contributed by atoms with E-state index in [9.17, 15) is 9.18 Å². The van der Waals surface area contributed by atoms with E-state index < -0.39 is 0 Å². The number of hydrogen-bond donors (Lipinski definition) is 0. The van der Waals surface area contributed by atoms with Crippen molar-refractivity contribution in [1.82, 2.24) is 4.90 Å². The summed E-state index contributed by atoms with van der Waals surface area (Å²) in [6.07, 6.45) is 2.89. The number of likely N-dealkylation sites (tertiary alicyclic amines) is 1. The Hall–Kier alpha value is -2.20. The normalized spacial score (nSPS) is 15.9. The highest BCUT2D eigenvalue weighted by atomic mass is 19.1. The number of halogens is 1. The number of piperidine rings is 1. The molecular weight excluding hydrogens is 315 g/mol. The van der Waals surface area contributed by atoms with Gasteiger partial charge in [0.25, 0.3) is 0 Å². The van der Waals surface area contributed by atoms with Crippen LogP contribution < -0.4 is 4.90 Å². The third-order valence-corrected chi connectivity index (χ3v) is 4.91. The van der Waals surface area contributed by atoms with Crippen LogP contribution in [0.4, 0.5) is 10.1 Å². The molecule has 25 heavy (non-hydrogen) atoms. The second-order valence-corrected chi connectivity index (χ2v) is 6.68. The third-order valence-electron chi connectivity index (χ3n) is 4.91. The molecule has 2 aromatic carbocycles. The van der Waals surface area contributed by atoms with Gasteiger partial charge >= 0.3 is 0 Å². The van der Waals surface area contributed by atoms with E-state index >= 15 is 0 Å². The molecule has 0 unspecified atom stereocenters. The van der Waals surface area contributed by atoms with Crippen molar-refractivity contribution in [3.05, 3.63) is 66.0 Å². The minimum atomic E-state index is -0.302. The summed E-state index contributed by atoms with van der Waals surface area (Å²) < 4.78 is 13.5. The van der Waals surface area contributed by atoms with Gasteiger partial charge in [0.2, 0.25) is 5.91 Å². The number of amides is 1. The molecule has 1 amide bonds. The molecule has 0 radical (unpaired) electrons. The first-order valence-corrected chi connectivity index (χ1v) is 8.95. The molecule has 132 valence electrons. The summed E-state index contributed by atoms with van der Waals surface area (Å²) in [6, 6.07) is 17.0. The van der Waals surface area contributed by atoms with Crippen LogP contribution in [0.25, 0.3) is 0 Å². The van der Waals surface area contributed by atoms with Gasteiger partial charge in [-0.25, -0.2) is 4.39 Å². The minimum Gasteiger partial charge on any atom is -0.309 e. The third kappa shape index (κ3) is 4.67. The zero-order valence-electron chi connectivity index (χ0n) is 14.7. The Morgan fingerprint density at radius 2 is 1.84 bits per heavy atom. The lowest BCUT2D eigenvalue weighted by Gasteiger charge is -2.38. The summed E-state index contributed by atoms with van der Waals surface area (Å²) in [7, 11) is 0. The van der Waals surface area contributed by atoms with Crippen LogP contribution in [-0.2, 0) is 11.2 Å². The molecule has 0 aliphatic carbocycles. The molecule has 1 aliphatic rings. The fourth-order valence-electron chi connectivity index (χ4n) is 3.61. The molecule has 1 aliphatic heterocycles. The number of benzene rings is 2. The Balaban J connectivity index is 1.57. The highest BCUT2D eigenvalue weighted by Crippen LogP contribution is 2.24. The zero-order chi connectivity index (χ0) is 17.6. The largest absolute Gasteiger partial charge is 0.309 e. The highest BCUT2D eigenvalue weighted by molar-refractivity contribution is 5.92. The summed E-state index contributed by atoms with van der Waals surface area (Å²) in [6.45, 7) is 4.54. The summed E-state index contributed by atoms with van der Waals surface area (Å²) in [4.78, 5) is 16.4. The van der Waals surface area contributed by atoms with Crippen LogP contribution in [0.2, 0.25) is 0 Å². The van der Waals surface area contributed by atoms with E-state index in [1.807, 2.05) is 12.1 Å². The van der Waals surface area contributed by atoms with Gasteiger partial charge in [0.05, 0.1) is 0 Å². The quantitative estimate of drug-likeness (QED) is 0.824. The van der Waals surface area contributed by atoms with Crippen molar-refractivity contribution >= 4 is 11.6 Å². The van der Waals surface area contributed by atoms with Crippen molar-refractivity contribution in [2.24, 2.45) is 0 Å². The monoisotopic (exact) mass is 340 g/mol. The van der Waals surface area contributed by atoms with Gasteiger partial charge in [-0.2, -0.15) is 0 Å². The summed E-state index contributed by atoms with van der Waals surface area (Å²) in [5.41, 5.74) is 2.02. The smallest absolute Gasteiger partial charge is 0.224 e. The maximum atomic E-state index is 13.5. The van der Waals surface area contributed by atoms with Gasteiger partial charge in [-0.3, -0.25) is 4.79 Å². The summed E-state index contributed by atoms with van der Waals surface area (Å²) in [5.74, 6) is -0.322. The van der Waals surface area contributed by atoms with Gasteiger partial charge in [-0.1, -0.05) is 36.4 Å². The van der Waals surface area contributed by atoms with Crippen molar-refractivity contribution in [1.29, 1.82) is 0 Å². The Bertz CT molecular complexity index is 696. The molecule has 0 N–H and O–H groups in total. The number of carbonyl (C=O) groups is 1. The Morgan fingerprint density at radius 3 is 2.48 bits per heavy atom. The lowest BCUT2D eigenvalue weighted by atomic mass is 10.0. The molecule has 0 atom stereocenters. The maximum absolute atomic E-state index is 13.5. The van der Waals surface area contributed by atoms with E-state index in [1.54, 1.807) is 17.9 Å². The first-order chi connectivity index (χ1) is 12.1. The molecule has 0 aromatic heterocycles. The molecule has 1 saturated heterocycles. The Labute approximate surface area is 149 Å². The average molecular weight is 340 g/mol. The van der Waals surface area contributed by atoms with Crippen LogP contribution in [0.3, 0.4) is 0 Å². The standard InChI is InChI=1S/C21H25FN2O/c1-17(25)24(21-9-5-8-19(22)16-21)20-11-14-23(15-12-20)13-10-18-6-3-2-4-7-18/h2-9,16,20H,10-15H2,1H3. The second kappa shape index (κ2) is 8.26. The molecule has 1 fully saturated rings. The van der Waals surface area contributed by atoms with E-state index in [-0.39, 0.29) is 17.8 Å². The number of anilines is 1. The van der Waals surface area contributed by atoms with Gasteiger partial charge in [-0.05, 0) is 43.0 Å². The molecule has 4 heteroatoms. The van der Waals surface area contributed by atoms with Crippen LogP contribution in [0, 0.1) is 5.82 Å². The Kier molecular flexibility index (Phi) is 5.82. The van der Waals surface area contributed by atoms with Crippen LogP contribution in [0.1, 0.15) is 25.3 Å². The Morgan fingerprint density at radius 1 is 1.12 bits per heavy atom. The molecule has 1 heterocycles. The second-order valence-electron chi connectivity index (χ2n) is 6.68. The van der Waals surface area contributed by atoms with E-state index in [4.69, 9.17) is 0 Å². The molecule has 3 nitrogen and oxygen atoms in total. The van der Waals surface area contributed by atoms with Gasteiger partial charge in [-0.15, -0.1) is 0 Å². The number of rotatable bonds is 5. The lowest BCUT2D eigenvalue weighted by Crippen LogP contribution is -2.47. The minimum absolute atomic E-state index is 0.0201. The molecule has 0 saturated carbocycles. The maximum Gasteiger partial charge on any atom is 0.224 e. The topological polar surface area (TPSA) is 23.6 Å². The predicted octanol–water partition coefficient (Wildman–Crippen LogP) is 3.89. The van der Waals surface area contributed by atoms with Crippen molar-refractivity contribution in [2.75, 3.05) is 24.5 Å². The van der Waals surface area contributed by atoms with E-state index in [2.05, 4.69) is 29.2 Å². The first kappa shape index (κ1) is 17.6. The van der Waals surface area contributed by atoms with Crippen LogP contribution in [0.5, 0.6) is 0 Å². The fourth-order valence-corrected chi connectivity index (χ4v) is 3.61. The molecule has 3 rings (SSSR count). The van der Waals surface area contributed by atoms with Gasteiger partial charge in [0.1, 0.15) is 5.82 Å². The van der Waals surface area contributed by atoms with Crippen LogP contribution >= 0.6 is 0 Å². The number of hydrogen-bond acceptors (Lipinski definition) is 2. The molecular formula is C21H25FN2O. The van der Waals surface area contributed by atoms with E-state index in [0.29, 0.717) is 5.69 Å². The fraction of sp³-hybridized carbons (Fsp3) is 0.381. The molecule has 0 spiro atoms. The van der Waals surface area contributed by atoms with Crippen LogP contribution in [-0.4, -0.2) is 36.5 Å². The number of carbonyl (C=O) groups excluding carboxylic acids is 1. The van der Waals surface area contributed by atoms with Crippen LogP contribution in [0.15, 0.2) is 54.6 Å². The van der Waals surface area contributed by atoms with Gasteiger partial charge in [0, 0.05) is 38.3 Å². The SMILES string of the molecule is CC(=O)N(c1cccc(F)c1)C1CCN(CCc2ccccc2)CC1. The van der Waals surface area contributed by atoms with Gasteiger partial charge in [0.15, 0.2) is 0 Å². The van der Waals surface area contributed by atoms with Crippen molar-refractivity contribution < 1.29 is 9.18 Å². The van der Waals surface area contributed by atoms with Crippen molar-refractivity contribution in [2.45, 2.75) is 32.2 Å². The first-order valence-electron chi connectivity index (χ1n) is 8.95. The van der Waals surface area contributed by atoms with E-state index in [0.717, 1.165) is 38.9 Å². The van der Waals surface area contributed by atoms with Crippen molar-refractivity contribution in [3.8, 4) is 0 Å². The predicted molar refractivity (Wildman–Crippen MR) is 99.2 cm³/mol. The summed E-state index contributed by atoms with van der Waals surface area (Å²) >= 11 is 0. The zero-order valence-corrected chi connectivity index (χ0v) is 14.7. The van der Waals surface area contributed by atoms with Gasteiger partial charge < -0.3 is 9.80 Å². The molecule has 0 bridgehead atoms.